The summed E-state index contributed by atoms with van der Waals surface area (Å²) >= 11 is 6.52. The third-order valence-corrected chi connectivity index (χ3v) is 4.62. The van der Waals surface area contributed by atoms with E-state index in [0.29, 0.717) is 10.8 Å². The van der Waals surface area contributed by atoms with Crippen LogP contribution >= 0.6 is 11.6 Å². The number of oxime groups is 1. The Morgan fingerprint density at radius 3 is 2.00 bits per heavy atom. The van der Waals surface area contributed by atoms with Crippen molar-refractivity contribution in [3.8, 4) is 5.75 Å². The lowest BCUT2D eigenvalue weighted by Crippen LogP contribution is -2.30. The lowest BCUT2D eigenvalue weighted by Gasteiger charge is -2.25. The maximum atomic E-state index is 6.52. The third kappa shape index (κ3) is 7.10. The van der Waals surface area contributed by atoms with Crippen molar-refractivity contribution in [3.05, 3.63) is 28.3 Å². The van der Waals surface area contributed by atoms with Gasteiger partial charge in [-0.3, -0.25) is 0 Å². The number of hydrogen-bond donors (Lipinski definition) is 0. The molecule has 0 fully saturated rings. The monoisotopic (exact) mass is 371 g/mol. The number of nitrogens with zero attached hydrogens (tertiary/aromatic N) is 1. The van der Waals surface area contributed by atoms with Gasteiger partial charge in [0.25, 0.3) is 8.32 Å². The highest BCUT2D eigenvalue weighted by molar-refractivity contribution is 6.70. The Morgan fingerprint density at radius 2 is 1.57 bits per heavy atom. The molecule has 0 radical (unpaired) electrons. The highest BCUT2D eigenvalue weighted by Gasteiger charge is 2.23. The molecule has 0 unspecified atom stereocenters. The highest BCUT2D eigenvalue weighted by atomic mass is 35.5. The fraction of sp³-hybridized carbons (Fsp3) is 0.588. The molecule has 0 saturated heterocycles. The van der Waals surface area contributed by atoms with Gasteiger partial charge in [-0.2, -0.15) is 0 Å². The summed E-state index contributed by atoms with van der Waals surface area (Å²) in [5.74, 6) is 0.710. The van der Waals surface area contributed by atoms with Crippen molar-refractivity contribution in [2.45, 2.75) is 65.5 Å². The van der Waals surface area contributed by atoms with Crippen LogP contribution < -0.4 is 4.43 Å². The van der Waals surface area contributed by atoms with Gasteiger partial charge in [-0.15, -0.1) is 5.16 Å². The number of rotatable bonds is 5. The van der Waals surface area contributed by atoms with Crippen molar-refractivity contribution < 1.29 is 8.95 Å². The van der Waals surface area contributed by atoms with Gasteiger partial charge >= 0.3 is 0 Å². The molecular formula is C17H30ClNO2Si2. The minimum absolute atomic E-state index is 0.00353. The molecule has 0 spiro atoms. The van der Waals surface area contributed by atoms with Crippen LogP contribution in [-0.4, -0.2) is 22.8 Å². The summed E-state index contributed by atoms with van der Waals surface area (Å²) < 4.78 is 11.8. The van der Waals surface area contributed by atoms with Crippen LogP contribution in [0.25, 0.3) is 0 Å². The minimum atomic E-state index is -1.78. The van der Waals surface area contributed by atoms with Gasteiger partial charge < -0.3 is 8.95 Å². The summed E-state index contributed by atoms with van der Waals surface area (Å²) in [4.78, 5) is 0. The van der Waals surface area contributed by atoms with Crippen LogP contribution in [0.15, 0.2) is 17.3 Å². The maximum Gasteiger partial charge on any atom is 0.278 e. The van der Waals surface area contributed by atoms with Crippen LogP contribution in [-0.2, 0) is 9.94 Å². The average molecular weight is 372 g/mol. The van der Waals surface area contributed by atoms with E-state index in [1.165, 1.54) is 0 Å². The second kappa shape index (κ2) is 6.99. The molecule has 1 aromatic rings. The van der Waals surface area contributed by atoms with E-state index in [-0.39, 0.29) is 5.41 Å². The topological polar surface area (TPSA) is 30.8 Å². The van der Waals surface area contributed by atoms with Crippen LogP contribution in [0.5, 0.6) is 5.75 Å². The molecule has 0 saturated carbocycles. The summed E-state index contributed by atoms with van der Waals surface area (Å²) in [7, 11) is -3.48. The smallest absolute Gasteiger partial charge is 0.278 e. The SMILES string of the molecule is CC(C)(C)c1cc(Cl)c(O[Si](C)(C)C)c(/C=N/O[Si](C)(C)C)c1. The zero-order valence-electron chi connectivity index (χ0n) is 15.9. The van der Waals surface area contributed by atoms with Crippen LogP contribution in [0.2, 0.25) is 44.3 Å². The predicted molar refractivity (Wildman–Crippen MR) is 106 cm³/mol. The van der Waals surface area contributed by atoms with Gasteiger partial charge in [-0.1, -0.05) is 32.4 Å². The standard InChI is InChI=1S/C17H30ClNO2Si2/c1-17(2,3)14-10-13(12-19-21-23(7,8)9)16(15(18)11-14)20-22(4,5)6/h10-12H,1-9H3/b19-12+. The van der Waals surface area contributed by atoms with Crippen molar-refractivity contribution in [2.75, 3.05) is 0 Å². The van der Waals surface area contributed by atoms with Crippen molar-refractivity contribution >= 4 is 34.5 Å². The molecule has 3 nitrogen and oxygen atoms in total. The lowest BCUT2D eigenvalue weighted by molar-refractivity contribution is 0.338. The zero-order valence-corrected chi connectivity index (χ0v) is 18.6. The fourth-order valence-corrected chi connectivity index (χ4v) is 3.34. The van der Waals surface area contributed by atoms with Gasteiger partial charge in [-0.05, 0) is 62.4 Å². The first-order valence-electron chi connectivity index (χ1n) is 7.94. The Kier molecular flexibility index (Phi) is 6.16. The summed E-state index contributed by atoms with van der Waals surface area (Å²) in [6, 6.07) is 4.09. The van der Waals surface area contributed by atoms with Gasteiger partial charge in [0.05, 0.1) is 11.2 Å². The van der Waals surface area contributed by atoms with Gasteiger partial charge in [-0.25, -0.2) is 0 Å². The molecule has 0 aliphatic rings. The Hall–Kier alpha value is -0.786. The Bertz CT molecular complexity index is 582. The molecule has 0 aromatic heterocycles. The molecule has 130 valence electrons. The van der Waals surface area contributed by atoms with Gasteiger partial charge in [0, 0.05) is 5.56 Å². The molecular weight excluding hydrogens is 342 g/mol. The molecule has 23 heavy (non-hydrogen) atoms. The second-order valence-corrected chi connectivity index (χ2v) is 18.0. The summed E-state index contributed by atoms with van der Waals surface area (Å²) in [5.41, 5.74) is 2.03. The molecule has 0 heterocycles. The summed E-state index contributed by atoms with van der Waals surface area (Å²) in [5, 5.41) is 4.81. The first-order chi connectivity index (χ1) is 10.2. The molecule has 1 rings (SSSR count). The zero-order chi connectivity index (χ0) is 18.1. The molecule has 0 aliphatic carbocycles. The third-order valence-electron chi connectivity index (χ3n) is 2.86. The van der Waals surface area contributed by atoms with Gasteiger partial charge in [0.15, 0.2) is 0 Å². The molecule has 0 bridgehead atoms. The van der Waals surface area contributed by atoms with Crippen molar-refractivity contribution in [2.24, 2.45) is 5.16 Å². The van der Waals surface area contributed by atoms with E-state index in [2.05, 4.69) is 71.3 Å². The van der Waals surface area contributed by atoms with Gasteiger partial charge in [0.2, 0.25) is 8.32 Å². The molecule has 0 atom stereocenters. The summed E-state index contributed by atoms with van der Waals surface area (Å²) in [6.07, 6.45) is 1.73. The van der Waals surface area contributed by atoms with E-state index in [0.717, 1.165) is 11.1 Å². The van der Waals surface area contributed by atoms with Crippen LogP contribution in [0, 0.1) is 0 Å². The number of benzene rings is 1. The second-order valence-electron chi connectivity index (χ2n) is 8.78. The Balaban J connectivity index is 3.33. The van der Waals surface area contributed by atoms with Crippen LogP contribution in [0.1, 0.15) is 31.9 Å². The first kappa shape index (κ1) is 20.3. The maximum absolute atomic E-state index is 6.52. The molecule has 0 aliphatic heterocycles. The molecule has 1 aromatic carbocycles. The van der Waals surface area contributed by atoms with Crippen molar-refractivity contribution in [1.29, 1.82) is 0 Å². The number of hydrogen-bond acceptors (Lipinski definition) is 3. The fourth-order valence-electron chi connectivity index (χ4n) is 1.80. The van der Waals surface area contributed by atoms with Crippen molar-refractivity contribution in [1.82, 2.24) is 0 Å². The van der Waals surface area contributed by atoms with E-state index < -0.39 is 16.6 Å². The van der Waals surface area contributed by atoms with E-state index in [4.69, 9.17) is 20.6 Å². The predicted octanol–water partition coefficient (Wildman–Crippen LogP) is 6.04. The largest absolute Gasteiger partial charge is 0.543 e. The average Bonchev–Trinajstić information content (AvgIpc) is 2.28. The molecule has 0 amide bonds. The Morgan fingerprint density at radius 1 is 1.00 bits per heavy atom. The normalized spacial score (nSPS) is 13.5. The Labute approximate surface area is 148 Å². The molecule has 0 N–H and O–H groups in total. The van der Waals surface area contributed by atoms with Crippen molar-refractivity contribution in [3.63, 3.8) is 0 Å². The minimum Gasteiger partial charge on any atom is -0.543 e. The number of halogens is 1. The van der Waals surface area contributed by atoms with Crippen LogP contribution in [0.4, 0.5) is 0 Å². The highest BCUT2D eigenvalue weighted by Crippen LogP contribution is 2.35. The van der Waals surface area contributed by atoms with Gasteiger partial charge in [0.1, 0.15) is 5.75 Å². The van der Waals surface area contributed by atoms with Crippen LogP contribution in [0.3, 0.4) is 0 Å². The summed E-state index contributed by atoms with van der Waals surface area (Å²) in [6.45, 7) is 19.2. The molecule has 6 heteroatoms. The van der Waals surface area contributed by atoms with E-state index in [1.54, 1.807) is 6.21 Å². The lowest BCUT2D eigenvalue weighted by atomic mass is 9.86. The van der Waals surface area contributed by atoms with E-state index in [1.807, 2.05) is 6.07 Å². The quantitative estimate of drug-likeness (QED) is 0.359. The van der Waals surface area contributed by atoms with E-state index >= 15 is 0 Å². The van der Waals surface area contributed by atoms with E-state index in [9.17, 15) is 0 Å². The first-order valence-corrected chi connectivity index (χ1v) is 15.1.